The Balaban J connectivity index is 2.57. The predicted octanol–water partition coefficient (Wildman–Crippen LogP) is 8.02. The molecule has 1 aromatic heterocycles. The van der Waals surface area contributed by atoms with Gasteiger partial charge in [-0.1, -0.05) is 91.4 Å². The van der Waals surface area contributed by atoms with Crippen molar-refractivity contribution in [1.82, 2.24) is 15.0 Å². The molecule has 0 aliphatic rings. The molecule has 0 radical (unpaired) electrons. The van der Waals surface area contributed by atoms with E-state index in [0.717, 1.165) is 24.0 Å². The molecule has 32 heavy (non-hydrogen) atoms. The first-order chi connectivity index (χ1) is 14.5. The van der Waals surface area contributed by atoms with Crippen LogP contribution in [-0.2, 0) is 11.3 Å². The van der Waals surface area contributed by atoms with E-state index >= 15 is 0 Å². The number of thiocarbonyl (C=S) groups is 1. The van der Waals surface area contributed by atoms with Crippen LogP contribution in [-0.4, -0.2) is 38.4 Å². The largest absolute Gasteiger partial charge is 0.476 e. The first-order valence-corrected chi connectivity index (χ1v) is 15.0. The highest BCUT2D eigenvalue weighted by Gasteiger charge is 2.63. The monoisotopic (exact) mass is 493 g/mol. The maximum absolute atomic E-state index is 6.00. The van der Waals surface area contributed by atoms with Crippen molar-refractivity contribution in [2.24, 2.45) is 0 Å². The Morgan fingerprint density at radius 2 is 1.53 bits per heavy atom. The molecule has 1 unspecified atom stereocenters. The van der Waals surface area contributed by atoms with Gasteiger partial charge in [-0.05, 0) is 59.7 Å². The van der Waals surface area contributed by atoms with Crippen molar-refractivity contribution >= 4 is 47.5 Å². The van der Waals surface area contributed by atoms with Crippen LogP contribution >= 0.6 is 24.0 Å². The lowest BCUT2D eigenvalue weighted by atomic mass is 10.2. The third kappa shape index (κ3) is 5.41. The Morgan fingerprint density at radius 1 is 1.00 bits per heavy atom. The number of benzene rings is 1. The van der Waals surface area contributed by atoms with E-state index in [4.69, 9.17) is 17.0 Å². The first kappa shape index (κ1) is 27.3. The molecule has 0 saturated heterocycles. The van der Waals surface area contributed by atoms with Gasteiger partial charge in [0.1, 0.15) is 5.52 Å². The van der Waals surface area contributed by atoms with Gasteiger partial charge in [-0.15, -0.1) is 5.10 Å². The summed E-state index contributed by atoms with van der Waals surface area (Å²) in [4.78, 5) is 0.372. The van der Waals surface area contributed by atoms with Gasteiger partial charge in [0.25, 0.3) is 0 Å². The molecule has 0 saturated carbocycles. The minimum Gasteiger partial charge on any atom is -0.476 e. The summed E-state index contributed by atoms with van der Waals surface area (Å²) in [6.07, 6.45) is 1.07. The van der Waals surface area contributed by atoms with Gasteiger partial charge in [-0.2, -0.15) is 0 Å². The fourth-order valence-corrected chi connectivity index (χ4v) is 22.8. The van der Waals surface area contributed by atoms with Gasteiger partial charge in [0, 0.05) is 11.4 Å². The molecule has 0 bridgehead atoms. The summed E-state index contributed by atoms with van der Waals surface area (Å²) in [6.45, 7) is 26.9. The summed E-state index contributed by atoms with van der Waals surface area (Å²) in [5.74, 6) is 0. The van der Waals surface area contributed by atoms with Crippen molar-refractivity contribution in [1.29, 1.82) is 0 Å². The first-order valence-electron chi connectivity index (χ1n) is 11.7. The van der Waals surface area contributed by atoms with E-state index in [0.29, 0.717) is 9.26 Å². The number of aromatic nitrogens is 3. The highest BCUT2D eigenvalue weighted by atomic mass is 32.2. The zero-order valence-corrected chi connectivity index (χ0v) is 24.6. The second kappa shape index (κ2) is 9.75. The number of nitrogens with zero attached hydrogens (tertiary/aromatic N) is 3. The molecule has 2 aromatic rings. The molecule has 0 fully saturated rings. The summed E-state index contributed by atoms with van der Waals surface area (Å²) in [7, 11) is -2.11. The molecule has 1 heterocycles. The fraction of sp³-hybridized carbons (Fsp3) is 0.720. The van der Waals surface area contributed by atoms with E-state index in [2.05, 4.69) is 89.4 Å². The van der Waals surface area contributed by atoms with Crippen molar-refractivity contribution in [2.75, 3.05) is 0 Å². The van der Waals surface area contributed by atoms with Crippen LogP contribution in [0.4, 0.5) is 0 Å². The standard InChI is InChI=1S/C25H43N3OS2Si/c1-18(2)29-22(30)31-21(16-17-28-20-15-13-12-14-19(20)26-27-28)32(23(3,4)5,24(6,7)8)25(9,10)11/h12-15,18,21H,16-17H2,1-11H3. The predicted molar refractivity (Wildman–Crippen MR) is 147 cm³/mol. The quantitative estimate of drug-likeness (QED) is 0.301. The summed E-state index contributed by atoms with van der Waals surface area (Å²) >= 11 is 7.56. The van der Waals surface area contributed by atoms with Crippen molar-refractivity contribution < 1.29 is 4.74 Å². The molecule has 7 heteroatoms. The molecule has 1 atom stereocenters. The van der Waals surface area contributed by atoms with Crippen LogP contribution in [0.1, 0.15) is 82.6 Å². The minimum absolute atomic E-state index is 0.0879. The lowest BCUT2D eigenvalue weighted by molar-refractivity contribution is 0.243. The van der Waals surface area contributed by atoms with Crippen LogP contribution in [0.15, 0.2) is 24.3 Å². The van der Waals surface area contributed by atoms with E-state index < -0.39 is 8.07 Å². The van der Waals surface area contributed by atoms with Crippen LogP contribution in [0.2, 0.25) is 15.1 Å². The Bertz CT molecular complexity index is 884. The molecule has 2 rings (SSSR count). The van der Waals surface area contributed by atoms with E-state index in [1.54, 1.807) is 11.8 Å². The van der Waals surface area contributed by atoms with E-state index in [-0.39, 0.29) is 21.2 Å². The Morgan fingerprint density at radius 3 is 2.03 bits per heavy atom. The van der Waals surface area contributed by atoms with Crippen LogP contribution in [0, 0.1) is 0 Å². The molecule has 0 spiro atoms. The van der Waals surface area contributed by atoms with Crippen molar-refractivity contribution in [3.8, 4) is 0 Å². The number of fused-ring (bicyclic) bond motifs is 1. The summed E-state index contributed by atoms with van der Waals surface area (Å²) < 4.78 is 8.73. The molecule has 4 nitrogen and oxygen atoms in total. The normalized spacial score (nSPS) is 14.8. The molecular formula is C25H43N3OS2Si. The number of hydrogen-bond acceptors (Lipinski definition) is 5. The maximum Gasteiger partial charge on any atom is 0.220 e. The third-order valence-electron chi connectivity index (χ3n) is 6.63. The van der Waals surface area contributed by atoms with E-state index in [9.17, 15) is 0 Å². The number of ether oxygens (including phenoxy) is 1. The average Bonchev–Trinajstić information content (AvgIpc) is 2.98. The smallest absolute Gasteiger partial charge is 0.220 e. The van der Waals surface area contributed by atoms with Crippen molar-refractivity contribution in [3.63, 3.8) is 0 Å². The fourth-order valence-electron chi connectivity index (χ4n) is 6.85. The highest BCUT2D eigenvalue weighted by Crippen LogP contribution is 2.66. The van der Waals surface area contributed by atoms with Gasteiger partial charge in [0.2, 0.25) is 4.38 Å². The average molecular weight is 494 g/mol. The van der Waals surface area contributed by atoms with Crippen LogP contribution in [0.25, 0.3) is 11.0 Å². The van der Waals surface area contributed by atoms with Gasteiger partial charge in [-0.3, -0.25) is 0 Å². The Kier molecular flexibility index (Phi) is 8.32. The van der Waals surface area contributed by atoms with E-state index in [1.807, 2.05) is 26.0 Å². The molecule has 180 valence electrons. The zero-order chi connectivity index (χ0) is 24.5. The lowest BCUT2D eigenvalue weighted by Gasteiger charge is -2.62. The summed E-state index contributed by atoms with van der Waals surface area (Å²) in [6, 6.07) is 8.19. The van der Waals surface area contributed by atoms with Gasteiger partial charge in [0.05, 0.1) is 19.7 Å². The number of aryl methyl sites for hydroxylation is 1. The molecule has 0 aliphatic carbocycles. The maximum atomic E-state index is 6.00. The summed E-state index contributed by atoms with van der Waals surface area (Å²) in [5.41, 5.74) is 2.04. The third-order valence-corrected chi connectivity index (χ3v) is 17.6. The van der Waals surface area contributed by atoms with Gasteiger partial charge >= 0.3 is 0 Å². The van der Waals surface area contributed by atoms with Crippen LogP contribution < -0.4 is 0 Å². The number of rotatable bonds is 6. The molecule has 0 amide bonds. The second-order valence-electron chi connectivity index (χ2n) is 12.2. The molecule has 0 aliphatic heterocycles. The Labute approximate surface area is 206 Å². The lowest BCUT2D eigenvalue weighted by Crippen LogP contribution is -2.65. The topological polar surface area (TPSA) is 39.9 Å². The van der Waals surface area contributed by atoms with Gasteiger partial charge in [-0.25, -0.2) is 4.68 Å². The highest BCUT2D eigenvalue weighted by molar-refractivity contribution is 8.24. The molecule has 0 N–H and O–H groups in total. The van der Waals surface area contributed by atoms with Gasteiger partial charge in [0.15, 0.2) is 0 Å². The van der Waals surface area contributed by atoms with Crippen molar-refractivity contribution in [2.45, 2.75) is 115 Å². The summed E-state index contributed by atoms with van der Waals surface area (Å²) in [5, 5.41) is 9.34. The Hall–Kier alpha value is -0.923. The molecular weight excluding hydrogens is 451 g/mol. The SMILES string of the molecule is CC(C)OC(=S)SC(CCn1nnc2ccccc21)[Si](C(C)(C)C)(C(C)(C)C)C(C)(C)C. The van der Waals surface area contributed by atoms with Crippen LogP contribution in [0.5, 0.6) is 0 Å². The van der Waals surface area contributed by atoms with Crippen molar-refractivity contribution in [3.05, 3.63) is 24.3 Å². The van der Waals surface area contributed by atoms with E-state index in [1.165, 1.54) is 0 Å². The number of para-hydroxylation sites is 1. The second-order valence-corrected chi connectivity index (χ2v) is 21.2. The zero-order valence-electron chi connectivity index (χ0n) is 21.9. The van der Waals surface area contributed by atoms with Gasteiger partial charge < -0.3 is 4.74 Å². The minimum atomic E-state index is -2.11. The number of hydrogen-bond donors (Lipinski definition) is 0. The number of thioether (sulfide) groups is 1. The molecule has 1 aromatic carbocycles. The van der Waals surface area contributed by atoms with Crippen LogP contribution in [0.3, 0.4) is 0 Å².